The smallest absolute Gasteiger partial charge is 0.264 e. The maximum atomic E-state index is 13.2. The highest BCUT2D eigenvalue weighted by Gasteiger charge is 2.44. The average Bonchev–Trinajstić information content (AvgIpc) is 3.07. The lowest BCUT2D eigenvalue weighted by molar-refractivity contribution is 0.00900. The monoisotopic (exact) mass is 602 g/mol. The largest absolute Gasteiger partial charge is 0.490 e. The van der Waals surface area contributed by atoms with Crippen LogP contribution in [0.2, 0.25) is 5.02 Å². The number of benzene rings is 2. The molecule has 10 heteroatoms. The maximum Gasteiger partial charge on any atom is 0.264 e. The lowest BCUT2D eigenvalue weighted by Crippen LogP contribution is -2.49. The van der Waals surface area contributed by atoms with Gasteiger partial charge in [0.05, 0.1) is 25.0 Å². The molecule has 2 aliphatic carbocycles. The van der Waals surface area contributed by atoms with E-state index >= 15 is 0 Å². The van der Waals surface area contributed by atoms with E-state index in [0.29, 0.717) is 44.1 Å². The molecule has 0 aromatic heterocycles. The number of hydrogen-bond acceptors (Lipinski definition) is 7. The molecule has 2 aromatic carbocycles. The van der Waals surface area contributed by atoms with Gasteiger partial charge in [-0.25, -0.2) is 13.1 Å². The first-order valence-electron chi connectivity index (χ1n) is 14.8. The van der Waals surface area contributed by atoms with Gasteiger partial charge in [-0.1, -0.05) is 30.5 Å². The van der Waals surface area contributed by atoms with Gasteiger partial charge in [-0.2, -0.15) is 0 Å². The molecule has 0 saturated heterocycles. The zero-order valence-corrected chi connectivity index (χ0v) is 24.8. The number of sulfonamides is 1. The third-order valence-electron chi connectivity index (χ3n) is 9.88. The lowest BCUT2D eigenvalue weighted by atomic mass is 9.68. The standard InChI is InChI=1S/C31H39ClN2O6S/c32-23-9-11-26-20(14-23)4-3-13-31(26)18-34-16-22-7-10-25(22)28(36)6-2-1-5-24(17-35)41(38,39)33-30(37)21-8-12-29(40-19-31)27(34)15-21/h8-9,11-12,14-15,22,24-25,28,35-36H,1-7,10,13,16-19H2,(H,33,37)/t22-,24+,25+,28-,31-/m0/s1. The third kappa shape index (κ3) is 5.58. The Hall–Kier alpha value is -2.33. The number of nitrogens with zero attached hydrogens (tertiary/aromatic N) is 1. The number of ether oxygens (including phenoxy) is 1. The van der Waals surface area contributed by atoms with Crippen molar-refractivity contribution in [3.05, 3.63) is 58.1 Å². The normalized spacial score (nSPS) is 31.6. The zero-order valence-electron chi connectivity index (χ0n) is 23.2. The molecule has 4 aliphatic rings. The second-order valence-electron chi connectivity index (χ2n) is 12.4. The Morgan fingerprint density at radius 3 is 2.68 bits per heavy atom. The van der Waals surface area contributed by atoms with E-state index in [1.54, 1.807) is 18.2 Å². The van der Waals surface area contributed by atoms with E-state index in [9.17, 15) is 23.4 Å². The summed E-state index contributed by atoms with van der Waals surface area (Å²) < 4.78 is 34.7. The number of nitrogens with one attached hydrogen (secondary N) is 1. The first-order chi connectivity index (χ1) is 19.7. The topological polar surface area (TPSA) is 116 Å². The van der Waals surface area contributed by atoms with Crippen molar-refractivity contribution in [2.24, 2.45) is 11.8 Å². The highest BCUT2D eigenvalue weighted by atomic mass is 35.5. The Kier molecular flexibility index (Phi) is 8.00. The van der Waals surface area contributed by atoms with Crippen molar-refractivity contribution in [3.63, 3.8) is 0 Å². The van der Waals surface area contributed by atoms with Crippen LogP contribution < -0.4 is 14.4 Å². The summed E-state index contributed by atoms with van der Waals surface area (Å²) in [5, 5.41) is 20.6. The van der Waals surface area contributed by atoms with E-state index in [4.69, 9.17) is 16.3 Å². The van der Waals surface area contributed by atoms with Crippen molar-refractivity contribution >= 4 is 33.2 Å². The molecule has 1 spiro atoms. The van der Waals surface area contributed by atoms with Crippen molar-refractivity contribution < 1.29 is 28.2 Å². The predicted molar refractivity (Wildman–Crippen MR) is 158 cm³/mol. The molecule has 8 nitrogen and oxygen atoms in total. The third-order valence-corrected chi connectivity index (χ3v) is 11.8. The Morgan fingerprint density at radius 1 is 1.07 bits per heavy atom. The summed E-state index contributed by atoms with van der Waals surface area (Å²) in [7, 11) is -4.09. The molecule has 2 heterocycles. The minimum absolute atomic E-state index is 0.174. The summed E-state index contributed by atoms with van der Waals surface area (Å²) >= 11 is 6.37. The minimum Gasteiger partial charge on any atom is -0.490 e. The molecule has 2 bridgehead atoms. The maximum absolute atomic E-state index is 13.2. The van der Waals surface area contributed by atoms with E-state index in [1.165, 1.54) is 11.1 Å². The second-order valence-corrected chi connectivity index (χ2v) is 14.8. The number of aryl methyl sites for hydroxylation is 1. The number of aliphatic hydroxyl groups excluding tert-OH is 2. The van der Waals surface area contributed by atoms with Crippen LogP contribution in [0.5, 0.6) is 5.75 Å². The van der Waals surface area contributed by atoms with E-state index in [-0.39, 0.29) is 23.3 Å². The fourth-order valence-corrected chi connectivity index (χ4v) is 8.83. The molecule has 1 fully saturated rings. The molecule has 6 rings (SSSR count). The van der Waals surface area contributed by atoms with Gasteiger partial charge >= 0.3 is 0 Å². The summed E-state index contributed by atoms with van der Waals surface area (Å²) in [6.07, 6.45) is 6.50. The van der Waals surface area contributed by atoms with E-state index in [2.05, 4.69) is 21.8 Å². The second kappa shape index (κ2) is 11.4. The van der Waals surface area contributed by atoms with Crippen LogP contribution in [-0.2, 0) is 21.9 Å². The summed E-state index contributed by atoms with van der Waals surface area (Å²) in [5.41, 5.74) is 3.21. The van der Waals surface area contributed by atoms with Crippen molar-refractivity contribution in [2.45, 2.75) is 74.6 Å². The quantitative estimate of drug-likeness (QED) is 0.448. The SMILES string of the molecule is O=C1NS(=O)(=O)[C@@H](CO)CCCC[C@H](O)[C@@H]2CC[C@H]2CN2C[C@@]3(CCCc4cc(Cl)ccc43)COc3ccc1cc32. The van der Waals surface area contributed by atoms with Crippen LogP contribution in [0.25, 0.3) is 0 Å². The molecule has 1 saturated carbocycles. The predicted octanol–water partition coefficient (Wildman–Crippen LogP) is 4.19. The average molecular weight is 603 g/mol. The molecule has 0 radical (unpaired) electrons. The van der Waals surface area contributed by atoms with E-state index < -0.39 is 33.9 Å². The fourth-order valence-electron chi connectivity index (χ4n) is 7.42. The van der Waals surface area contributed by atoms with Gasteiger partial charge < -0.3 is 19.8 Å². The summed E-state index contributed by atoms with van der Waals surface area (Å²) in [4.78, 5) is 15.6. The molecule has 2 aliphatic heterocycles. The molecule has 2 aromatic rings. The number of fused-ring (bicyclic) bond motifs is 4. The van der Waals surface area contributed by atoms with Crippen LogP contribution in [0.3, 0.4) is 0 Å². The first kappa shape index (κ1) is 28.8. The molecule has 5 atom stereocenters. The van der Waals surface area contributed by atoms with Gasteiger partial charge in [0.1, 0.15) is 11.0 Å². The summed E-state index contributed by atoms with van der Waals surface area (Å²) in [6.45, 7) is 1.32. The lowest BCUT2D eigenvalue weighted by Gasteiger charge is -2.45. The van der Waals surface area contributed by atoms with Crippen molar-refractivity contribution in [1.82, 2.24) is 4.72 Å². The highest BCUT2D eigenvalue weighted by Crippen LogP contribution is 2.47. The van der Waals surface area contributed by atoms with Gasteiger partial charge in [-0.05, 0) is 98.2 Å². The number of amides is 1. The van der Waals surface area contributed by atoms with Crippen LogP contribution in [0.1, 0.15) is 72.9 Å². The molecule has 222 valence electrons. The molecular weight excluding hydrogens is 564 g/mol. The summed E-state index contributed by atoms with van der Waals surface area (Å²) in [6, 6.07) is 11.2. The van der Waals surface area contributed by atoms with Crippen molar-refractivity contribution in [3.8, 4) is 5.75 Å². The van der Waals surface area contributed by atoms with Gasteiger partial charge in [0, 0.05) is 29.1 Å². The van der Waals surface area contributed by atoms with Gasteiger partial charge in [0.2, 0.25) is 10.0 Å². The number of halogens is 1. The molecule has 3 N–H and O–H groups in total. The Balaban J connectivity index is 1.41. The van der Waals surface area contributed by atoms with Gasteiger partial charge in [-0.3, -0.25) is 4.79 Å². The molecule has 41 heavy (non-hydrogen) atoms. The summed E-state index contributed by atoms with van der Waals surface area (Å²) in [5.74, 6) is 0.421. The number of aliphatic hydroxyl groups is 2. The van der Waals surface area contributed by atoms with Crippen LogP contribution in [0, 0.1) is 11.8 Å². The number of carbonyl (C=O) groups excluding carboxylic acids is 1. The molecule has 1 amide bonds. The molecular formula is C31H39ClN2O6S. The highest BCUT2D eigenvalue weighted by molar-refractivity contribution is 7.90. The van der Waals surface area contributed by atoms with Gasteiger partial charge in [-0.15, -0.1) is 0 Å². The van der Waals surface area contributed by atoms with E-state index in [1.807, 2.05) is 6.07 Å². The van der Waals surface area contributed by atoms with Gasteiger partial charge in [0.15, 0.2) is 0 Å². The Labute approximate surface area is 247 Å². The van der Waals surface area contributed by atoms with Crippen molar-refractivity contribution in [1.29, 1.82) is 0 Å². The van der Waals surface area contributed by atoms with Gasteiger partial charge in [0.25, 0.3) is 5.91 Å². The van der Waals surface area contributed by atoms with E-state index in [0.717, 1.165) is 49.4 Å². The van der Waals surface area contributed by atoms with Crippen LogP contribution in [-0.4, -0.2) is 62.2 Å². The van der Waals surface area contributed by atoms with Crippen LogP contribution >= 0.6 is 11.6 Å². The molecule has 0 unspecified atom stereocenters. The Morgan fingerprint density at radius 2 is 1.90 bits per heavy atom. The fraction of sp³-hybridized carbons (Fsp3) is 0.581. The zero-order chi connectivity index (χ0) is 28.8. The number of hydrogen-bond donors (Lipinski definition) is 3. The minimum atomic E-state index is -4.09. The number of carbonyl (C=O) groups is 1. The van der Waals surface area contributed by atoms with Crippen molar-refractivity contribution in [2.75, 3.05) is 31.2 Å². The van der Waals surface area contributed by atoms with Crippen LogP contribution in [0.4, 0.5) is 5.69 Å². The number of anilines is 1. The number of rotatable bonds is 1. The Bertz CT molecular complexity index is 1420. The first-order valence-corrected chi connectivity index (χ1v) is 16.8. The van der Waals surface area contributed by atoms with Crippen LogP contribution in [0.15, 0.2) is 36.4 Å².